The van der Waals surface area contributed by atoms with Crippen molar-refractivity contribution >= 4 is 21.7 Å². The number of carboxylic acids is 1. The molecule has 0 heterocycles. The van der Waals surface area contributed by atoms with Gasteiger partial charge in [-0.1, -0.05) is 18.2 Å². The Labute approximate surface area is 107 Å². The first kappa shape index (κ1) is 14.5. The average molecular weight is 271 g/mol. The van der Waals surface area contributed by atoms with E-state index in [1.165, 1.54) is 6.92 Å². The molecule has 5 nitrogen and oxygen atoms in total. The van der Waals surface area contributed by atoms with E-state index >= 15 is 0 Å². The second kappa shape index (κ2) is 4.97. The summed E-state index contributed by atoms with van der Waals surface area (Å²) in [5, 5.41) is 9.05. The van der Waals surface area contributed by atoms with E-state index in [1.54, 1.807) is 32.0 Å². The number of hydrogen-bond donors (Lipinski definition) is 1. The van der Waals surface area contributed by atoms with E-state index in [-0.39, 0.29) is 0 Å². The Kier molecular flexibility index (Phi) is 4.01. The maximum absolute atomic E-state index is 11.8. The van der Waals surface area contributed by atoms with Gasteiger partial charge in [-0.15, -0.1) is 0 Å². The van der Waals surface area contributed by atoms with Gasteiger partial charge in [0.25, 0.3) is 0 Å². The Morgan fingerprint density at radius 3 is 2.06 bits per heavy atom. The molecule has 0 aromatic heterocycles. The zero-order valence-electron chi connectivity index (χ0n) is 10.8. The molecule has 0 spiro atoms. The minimum atomic E-state index is -3.65. The molecule has 1 aromatic rings. The molecule has 0 saturated heterocycles. The maximum atomic E-state index is 11.8. The summed E-state index contributed by atoms with van der Waals surface area (Å²) in [6, 6.07) is 4.18. The van der Waals surface area contributed by atoms with Gasteiger partial charge >= 0.3 is 5.97 Å². The lowest BCUT2D eigenvalue weighted by Gasteiger charge is -2.29. The number of hydrogen-bond acceptors (Lipinski definition) is 3. The molecule has 0 amide bonds. The fourth-order valence-electron chi connectivity index (χ4n) is 1.90. The largest absolute Gasteiger partial charge is 0.480 e. The summed E-state index contributed by atoms with van der Waals surface area (Å²) in [5.74, 6) is -1.18. The minimum absolute atomic E-state index is 0.440. The van der Waals surface area contributed by atoms with Gasteiger partial charge in [0.15, 0.2) is 0 Å². The number of aryl methyl sites for hydroxylation is 2. The van der Waals surface area contributed by atoms with Crippen molar-refractivity contribution in [2.24, 2.45) is 0 Å². The summed E-state index contributed by atoms with van der Waals surface area (Å²) in [5.41, 5.74) is 1.90. The second-order valence-corrected chi connectivity index (χ2v) is 6.17. The number of benzene rings is 1. The van der Waals surface area contributed by atoms with Crippen LogP contribution in [0.3, 0.4) is 0 Å². The highest BCUT2D eigenvalue weighted by molar-refractivity contribution is 7.92. The molecule has 0 aliphatic heterocycles. The van der Waals surface area contributed by atoms with Gasteiger partial charge in [0.2, 0.25) is 10.0 Å². The van der Waals surface area contributed by atoms with Gasteiger partial charge in [0, 0.05) is 0 Å². The zero-order valence-corrected chi connectivity index (χ0v) is 11.7. The average Bonchev–Trinajstić information content (AvgIpc) is 2.20. The van der Waals surface area contributed by atoms with Crippen molar-refractivity contribution in [3.05, 3.63) is 29.3 Å². The monoisotopic (exact) mass is 271 g/mol. The lowest BCUT2D eigenvalue weighted by Crippen LogP contribution is -2.43. The van der Waals surface area contributed by atoms with Crippen molar-refractivity contribution in [1.82, 2.24) is 0 Å². The topological polar surface area (TPSA) is 74.7 Å². The van der Waals surface area contributed by atoms with Gasteiger partial charge in [-0.2, -0.15) is 0 Å². The molecule has 0 radical (unpaired) electrons. The third kappa shape index (κ3) is 2.81. The van der Waals surface area contributed by atoms with Gasteiger partial charge in [-0.05, 0) is 31.9 Å². The zero-order chi connectivity index (χ0) is 14.1. The van der Waals surface area contributed by atoms with Crippen molar-refractivity contribution in [2.45, 2.75) is 26.8 Å². The van der Waals surface area contributed by atoms with E-state index in [2.05, 4.69) is 0 Å². The predicted molar refractivity (Wildman–Crippen MR) is 70.3 cm³/mol. The summed E-state index contributed by atoms with van der Waals surface area (Å²) in [6.45, 7) is 4.87. The van der Waals surface area contributed by atoms with E-state index in [9.17, 15) is 13.2 Å². The van der Waals surface area contributed by atoms with Crippen molar-refractivity contribution in [1.29, 1.82) is 0 Å². The van der Waals surface area contributed by atoms with Crippen LogP contribution in [0.25, 0.3) is 0 Å². The first-order valence-electron chi connectivity index (χ1n) is 5.44. The molecule has 1 N–H and O–H groups in total. The number of para-hydroxylation sites is 1. The van der Waals surface area contributed by atoms with Crippen LogP contribution in [0.2, 0.25) is 0 Å². The normalized spacial score (nSPS) is 13.1. The molecular weight excluding hydrogens is 254 g/mol. The molecule has 1 aromatic carbocycles. The van der Waals surface area contributed by atoms with Crippen LogP contribution in [0.4, 0.5) is 5.69 Å². The lowest BCUT2D eigenvalue weighted by atomic mass is 10.1. The van der Waals surface area contributed by atoms with E-state index in [0.717, 1.165) is 21.7 Å². The highest BCUT2D eigenvalue weighted by Crippen LogP contribution is 2.28. The quantitative estimate of drug-likeness (QED) is 0.901. The van der Waals surface area contributed by atoms with Gasteiger partial charge < -0.3 is 5.11 Å². The number of nitrogens with zero attached hydrogens (tertiary/aromatic N) is 1. The smallest absolute Gasteiger partial charge is 0.327 e. The van der Waals surface area contributed by atoms with Crippen LogP contribution in [0.1, 0.15) is 18.1 Å². The van der Waals surface area contributed by atoms with Crippen molar-refractivity contribution in [3.63, 3.8) is 0 Å². The SMILES string of the molecule is Cc1cccc(C)c1N([C@@H](C)C(=O)O)S(C)(=O)=O. The van der Waals surface area contributed by atoms with Crippen LogP contribution in [0.5, 0.6) is 0 Å². The molecule has 0 aliphatic carbocycles. The summed E-state index contributed by atoms with van der Waals surface area (Å²) in [6.07, 6.45) is 1.01. The number of rotatable bonds is 4. The number of carbonyl (C=O) groups is 1. The summed E-state index contributed by atoms with van der Waals surface area (Å²) in [7, 11) is -3.65. The molecule has 0 fully saturated rings. The Bertz CT molecular complexity index is 545. The highest BCUT2D eigenvalue weighted by Gasteiger charge is 2.30. The summed E-state index contributed by atoms with van der Waals surface area (Å²) >= 11 is 0. The van der Waals surface area contributed by atoms with Crippen LogP contribution >= 0.6 is 0 Å². The minimum Gasteiger partial charge on any atom is -0.480 e. The Morgan fingerprint density at radius 1 is 1.28 bits per heavy atom. The lowest BCUT2D eigenvalue weighted by molar-refractivity contribution is -0.137. The van der Waals surface area contributed by atoms with Crippen LogP contribution in [-0.4, -0.2) is 31.8 Å². The Balaban J connectivity index is 3.51. The molecule has 100 valence electrons. The molecule has 1 atom stereocenters. The van der Waals surface area contributed by atoms with Crippen molar-refractivity contribution in [2.75, 3.05) is 10.6 Å². The standard InChI is InChI=1S/C12H17NO4S/c1-8-6-5-7-9(2)11(8)13(18(4,16)17)10(3)12(14)15/h5-7,10H,1-4H3,(H,14,15)/t10-/m0/s1. The van der Waals surface area contributed by atoms with Gasteiger partial charge in [-0.3, -0.25) is 4.31 Å². The number of aliphatic carboxylic acids is 1. The molecule has 1 rings (SSSR count). The summed E-state index contributed by atoms with van der Waals surface area (Å²) in [4.78, 5) is 11.1. The molecule has 0 aliphatic rings. The Morgan fingerprint density at radius 2 is 1.72 bits per heavy atom. The van der Waals surface area contributed by atoms with Crippen LogP contribution in [0.15, 0.2) is 18.2 Å². The molecule has 0 bridgehead atoms. The highest BCUT2D eigenvalue weighted by atomic mass is 32.2. The van der Waals surface area contributed by atoms with Crippen LogP contribution < -0.4 is 4.31 Å². The maximum Gasteiger partial charge on any atom is 0.327 e. The number of carboxylic acid groups (broad SMARTS) is 1. The molecule has 18 heavy (non-hydrogen) atoms. The fraction of sp³-hybridized carbons (Fsp3) is 0.417. The third-order valence-corrected chi connectivity index (χ3v) is 3.94. The molecule has 6 heteroatoms. The van der Waals surface area contributed by atoms with Crippen LogP contribution in [-0.2, 0) is 14.8 Å². The summed E-state index contributed by atoms with van der Waals surface area (Å²) < 4.78 is 24.6. The van der Waals surface area contributed by atoms with E-state index in [4.69, 9.17) is 5.11 Å². The van der Waals surface area contributed by atoms with Crippen LogP contribution in [0, 0.1) is 13.8 Å². The third-order valence-electron chi connectivity index (χ3n) is 2.73. The fourth-order valence-corrected chi connectivity index (χ4v) is 3.18. The molecular formula is C12H17NO4S. The Hall–Kier alpha value is -1.56. The van der Waals surface area contributed by atoms with Crippen molar-refractivity contribution in [3.8, 4) is 0 Å². The van der Waals surface area contributed by atoms with E-state index in [1.807, 2.05) is 0 Å². The second-order valence-electron chi connectivity index (χ2n) is 4.31. The first-order chi connectivity index (χ1) is 8.16. The van der Waals surface area contributed by atoms with E-state index in [0.29, 0.717) is 5.69 Å². The first-order valence-corrected chi connectivity index (χ1v) is 7.29. The number of sulfonamides is 1. The predicted octanol–water partition coefficient (Wildman–Crippen LogP) is 1.54. The molecule has 0 unspecified atom stereocenters. The van der Waals surface area contributed by atoms with Crippen molar-refractivity contribution < 1.29 is 18.3 Å². The number of anilines is 1. The van der Waals surface area contributed by atoms with Gasteiger partial charge in [0.1, 0.15) is 6.04 Å². The van der Waals surface area contributed by atoms with Gasteiger partial charge in [0.05, 0.1) is 11.9 Å². The molecule has 0 saturated carbocycles. The van der Waals surface area contributed by atoms with E-state index < -0.39 is 22.0 Å². The van der Waals surface area contributed by atoms with Gasteiger partial charge in [-0.25, -0.2) is 13.2 Å².